The average molecular weight is 555 g/mol. The summed E-state index contributed by atoms with van der Waals surface area (Å²) in [5.74, 6) is 1.86. The number of rotatable bonds is 9. The summed E-state index contributed by atoms with van der Waals surface area (Å²) in [5, 5.41) is 3.31. The largest absolute Gasteiger partial charge is 0.494 e. The molecule has 41 heavy (non-hydrogen) atoms. The number of piperazine rings is 1. The van der Waals surface area contributed by atoms with Gasteiger partial charge in [0.2, 0.25) is 12.2 Å². The molecule has 0 atom stereocenters. The quantitative estimate of drug-likeness (QED) is 0.324. The van der Waals surface area contributed by atoms with Crippen molar-refractivity contribution in [1.29, 1.82) is 0 Å². The van der Waals surface area contributed by atoms with E-state index in [-0.39, 0.29) is 11.0 Å². The van der Waals surface area contributed by atoms with Crippen LogP contribution in [0.25, 0.3) is 10.9 Å². The maximum atomic E-state index is 13.0. The lowest BCUT2D eigenvalue weighted by molar-refractivity contribution is 0.0949. The molecule has 2 N–H and O–H groups in total. The van der Waals surface area contributed by atoms with E-state index in [0.717, 1.165) is 56.3 Å². The molecule has 0 unspecified atom stereocenters. The number of hydrogen-bond acceptors (Lipinski definition) is 7. The number of hydrogen-bond donors (Lipinski definition) is 2. The average Bonchev–Trinajstić information content (AvgIpc) is 3.46. The van der Waals surface area contributed by atoms with Crippen LogP contribution in [0.1, 0.15) is 34.0 Å². The number of aromatic amines is 1. The maximum Gasteiger partial charge on any atom is 0.257 e. The monoisotopic (exact) mass is 554 g/mol. The summed E-state index contributed by atoms with van der Waals surface area (Å²) >= 11 is 0. The van der Waals surface area contributed by atoms with Crippen LogP contribution in [-0.2, 0) is 19.6 Å². The summed E-state index contributed by atoms with van der Waals surface area (Å²) in [6, 6.07) is 19.7. The van der Waals surface area contributed by atoms with Crippen LogP contribution in [0.5, 0.6) is 17.2 Å². The van der Waals surface area contributed by atoms with Gasteiger partial charge in [-0.3, -0.25) is 19.4 Å². The van der Waals surface area contributed by atoms with Crippen molar-refractivity contribution < 1.29 is 19.0 Å². The Morgan fingerprint density at radius 3 is 2.32 bits per heavy atom. The zero-order valence-corrected chi connectivity index (χ0v) is 23.2. The second-order valence-corrected chi connectivity index (χ2v) is 10.4. The molecule has 1 amide bonds. The number of fused-ring (bicyclic) bond motifs is 2. The number of pyridine rings is 1. The SMILES string of the molecule is CCOc1ccc2[nH]cc(C(=O)NCc3ccc(CN4CCN(Cc5ccc6c(c5)OCO6)CC4)cc3)c(=O)c2c1. The zero-order chi connectivity index (χ0) is 28.2. The minimum atomic E-state index is -0.405. The summed E-state index contributed by atoms with van der Waals surface area (Å²) in [4.78, 5) is 33.8. The van der Waals surface area contributed by atoms with Crippen molar-refractivity contribution in [2.45, 2.75) is 26.6 Å². The fourth-order valence-electron chi connectivity index (χ4n) is 5.32. The van der Waals surface area contributed by atoms with Gasteiger partial charge in [0.05, 0.1) is 6.61 Å². The number of aromatic nitrogens is 1. The Morgan fingerprint density at radius 2 is 1.56 bits per heavy atom. The Morgan fingerprint density at radius 1 is 0.878 bits per heavy atom. The van der Waals surface area contributed by atoms with E-state index < -0.39 is 5.91 Å². The molecule has 1 saturated heterocycles. The van der Waals surface area contributed by atoms with Crippen LogP contribution >= 0.6 is 0 Å². The normalized spacial score (nSPS) is 15.2. The van der Waals surface area contributed by atoms with Gasteiger partial charge in [-0.05, 0) is 53.9 Å². The van der Waals surface area contributed by atoms with Gasteiger partial charge in [-0.25, -0.2) is 0 Å². The van der Waals surface area contributed by atoms with Gasteiger partial charge in [-0.2, -0.15) is 0 Å². The van der Waals surface area contributed by atoms with Gasteiger partial charge in [-0.15, -0.1) is 0 Å². The number of H-pyrrole nitrogens is 1. The highest BCUT2D eigenvalue weighted by Gasteiger charge is 2.19. The molecule has 3 heterocycles. The molecule has 2 aliphatic heterocycles. The number of nitrogens with zero attached hydrogens (tertiary/aromatic N) is 2. The lowest BCUT2D eigenvalue weighted by Gasteiger charge is -2.34. The molecule has 6 rings (SSSR count). The summed E-state index contributed by atoms with van der Waals surface area (Å²) in [6.07, 6.45) is 1.47. The van der Waals surface area contributed by atoms with Crippen LogP contribution in [-0.4, -0.2) is 60.3 Å². The van der Waals surface area contributed by atoms with Gasteiger partial charge in [0.1, 0.15) is 11.3 Å². The summed E-state index contributed by atoms with van der Waals surface area (Å²) in [6.45, 7) is 8.87. The van der Waals surface area contributed by atoms with E-state index in [1.807, 2.05) is 25.1 Å². The molecule has 9 heteroatoms. The maximum absolute atomic E-state index is 13.0. The lowest BCUT2D eigenvalue weighted by Crippen LogP contribution is -2.45. The molecule has 3 aromatic carbocycles. The Labute approximate surface area is 238 Å². The minimum absolute atomic E-state index is 0.0837. The van der Waals surface area contributed by atoms with Gasteiger partial charge in [-0.1, -0.05) is 30.3 Å². The first-order valence-corrected chi connectivity index (χ1v) is 14.0. The summed E-state index contributed by atoms with van der Waals surface area (Å²) in [5.41, 5.74) is 3.89. The van der Waals surface area contributed by atoms with E-state index in [4.69, 9.17) is 14.2 Å². The Balaban J connectivity index is 0.986. The van der Waals surface area contributed by atoms with Gasteiger partial charge < -0.3 is 24.5 Å². The molecule has 1 aromatic heterocycles. The Kier molecular flexibility index (Phi) is 7.89. The fraction of sp³-hybridized carbons (Fsp3) is 0.312. The predicted molar refractivity (Wildman–Crippen MR) is 156 cm³/mol. The van der Waals surface area contributed by atoms with E-state index in [1.165, 1.54) is 17.3 Å². The molecular formula is C32H34N4O5. The third-order valence-corrected chi connectivity index (χ3v) is 7.60. The van der Waals surface area contributed by atoms with Crippen LogP contribution in [0.3, 0.4) is 0 Å². The summed E-state index contributed by atoms with van der Waals surface area (Å²) < 4.78 is 16.4. The molecule has 0 radical (unpaired) electrons. The topological polar surface area (TPSA) is 96.1 Å². The van der Waals surface area contributed by atoms with Crippen molar-refractivity contribution in [2.75, 3.05) is 39.6 Å². The van der Waals surface area contributed by atoms with Crippen molar-refractivity contribution >= 4 is 16.8 Å². The van der Waals surface area contributed by atoms with Gasteiger partial charge in [0, 0.05) is 62.9 Å². The molecule has 0 bridgehead atoms. The van der Waals surface area contributed by atoms with Gasteiger partial charge >= 0.3 is 0 Å². The van der Waals surface area contributed by atoms with Crippen LogP contribution in [0, 0.1) is 0 Å². The zero-order valence-electron chi connectivity index (χ0n) is 23.2. The lowest BCUT2D eigenvalue weighted by atomic mass is 10.1. The van der Waals surface area contributed by atoms with E-state index in [9.17, 15) is 9.59 Å². The number of ether oxygens (including phenoxy) is 3. The molecule has 2 aliphatic rings. The van der Waals surface area contributed by atoms with Crippen molar-refractivity contribution in [1.82, 2.24) is 20.1 Å². The molecule has 0 aliphatic carbocycles. The number of carbonyl (C=O) groups excluding carboxylic acids is 1. The third-order valence-electron chi connectivity index (χ3n) is 7.60. The molecule has 1 fully saturated rings. The highest BCUT2D eigenvalue weighted by Crippen LogP contribution is 2.33. The van der Waals surface area contributed by atoms with Crippen molar-refractivity contribution in [3.8, 4) is 17.2 Å². The van der Waals surface area contributed by atoms with Crippen molar-refractivity contribution in [3.05, 3.63) is 99.3 Å². The van der Waals surface area contributed by atoms with E-state index in [2.05, 4.69) is 44.4 Å². The van der Waals surface area contributed by atoms with E-state index in [1.54, 1.807) is 18.2 Å². The second-order valence-electron chi connectivity index (χ2n) is 10.4. The molecule has 212 valence electrons. The first kappa shape index (κ1) is 26.9. The van der Waals surface area contributed by atoms with Crippen molar-refractivity contribution in [2.24, 2.45) is 0 Å². The molecule has 0 saturated carbocycles. The van der Waals surface area contributed by atoms with Gasteiger partial charge in [0.15, 0.2) is 11.5 Å². The van der Waals surface area contributed by atoms with Crippen LogP contribution in [0.2, 0.25) is 0 Å². The highest BCUT2D eigenvalue weighted by atomic mass is 16.7. The van der Waals surface area contributed by atoms with Crippen LogP contribution in [0.4, 0.5) is 0 Å². The first-order valence-electron chi connectivity index (χ1n) is 14.0. The van der Waals surface area contributed by atoms with Crippen LogP contribution < -0.4 is 25.0 Å². The van der Waals surface area contributed by atoms with E-state index >= 15 is 0 Å². The van der Waals surface area contributed by atoms with Gasteiger partial charge in [0.25, 0.3) is 5.91 Å². The fourth-order valence-corrected chi connectivity index (χ4v) is 5.32. The second kappa shape index (κ2) is 12.0. The molecule has 4 aromatic rings. The minimum Gasteiger partial charge on any atom is -0.494 e. The number of nitrogens with one attached hydrogen (secondary N) is 2. The molecular weight excluding hydrogens is 520 g/mol. The van der Waals surface area contributed by atoms with Crippen LogP contribution in [0.15, 0.2) is 71.7 Å². The Bertz CT molecular complexity index is 1590. The highest BCUT2D eigenvalue weighted by molar-refractivity contribution is 5.97. The third kappa shape index (κ3) is 6.21. The number of carbonyl (C=O) groups is 1. The molecule has 0 spiro atoms. The summed E-state index contributed by atoms with van der Waals surface area (Å²) in [7, 11) is 0. The predicted octanol–water partition coefficient (Wildman–Crippen LogP) is 3.90. The number of benzene rings is 3. The van der Waals surface area contributed by atoms with E-state index in [0.29, 0.717) is 36.6 Å². The first-order chi connectivity index (χ1) is 20.1. The standard InChI is InChI=1S/C32H34N4O5/c1-2-39-25-8-9-28-26(16-25)31(37)27(18-33-28)32(38)34-17-22-3-5-23(6-4-22)19-35-11-13-36(14-12-35)20-24-7-10-29-30(15-24)41-21-40-29/h3-10,15-16,18H,2,11-14,17,19-21H2,1H3,(H,33,37)(H,34,38). The Hall–Kier alpha value is -4.34. The number of amides is 1. The van der Waals surface area contributed by atoms with Crippen molar-refractivity contribution in [3.63, 3.8) is 0 Å². The smallest absolute Gasteiger partial charge is 0.257 e. The molecule has 9 nitrogen and oxygen atoms in total.